The maximum atomic E-state index is 2.53. The Labute approximate surface area is 142 Å². The highest BCUT2D eigenvalue weighted by Crippen LogP contribution is 2.41. The number of aryl methyl sites for hydroxylation is 6. The van der Waals surface area contributed by atoms with E-state index in [2.05, 4.69) is 91.5 Å². The van der Waals surface area contributed by atoms with Crippen LogP contribution in [0.4, 0.5) is 11.4 Å². The van der Waals surface area contributed by atoms with E-state index in [9.17, 15) is 0 Å². The Bertz CT molecular complexity index is 629. The van der Waals surface area contributed by atoms with Gasteiger partial charge >= 0.3 is 0 Å². The van der Waals surface area contributed by atoms with E-state index >= 15 is 0 Å². The van der Waals surface area contributed by atoms with Crippen molar-refractivity contribution in [2.75, 3.05) is 4.90 Å². The largest absolute Gasteiger partial charge is 0.335 e. The number of hydrogen-bond donors (Lipinski definition) is 0. The van der Waals surface area contributed by atoms with E-state index in [0.29, 0.717) is 0 Å². The quantitative estimate of drug-likeness (QED) is 0.614. The van der Waals surface area contributed by atoms with Crippen LogP contribution in [0.1, 0.15) is 54.2 Å². The molecule has 0 aliphatic carbocycles. The third kappa shape index (κ3) is 3.44. The summed E-state index contributed by atoms with van der Waals surface area (Å²) < 4.78 is 0. The highest BCUT2D eigenvalue weighted by molar-refractivity contribution is 5.76. The summed E-state index contributed by atoms with van der Waals surface area (Å²) in [5.41, 5.74) is 10.7. The van der Waals surface area contributed by atoms with E-state index in [1.54, 1.807) is 0 Å². The van der Waals surface area contributed by atoms with Crippen molar-refractivity contribution in [3.05, 3.63) is 57.6 Å². The van der Waals surface area contributed by atoms with Crippen LogP contribution in [-0.2, 0) is 0 Å². The lowest BCUT2D eigenvalue weighted by molar-refractivity contribution is 0.556. The summed E-state index contributed by atoms with van der Waals surface area (Å²) in [4.78, 5) is 2.53. The molecule has 124 valence electrons. The second-order valence-corrected chi connectivity index (χ2v) is 8.00. The van der Waals surface area contributed by atoms with Gasteiger partial charge in [-0.3, -0.25) is 0 Å². The van der Waals surface area contributed by atoms with E-state index in [4.69, 9.17) is 0 Å². The van der Waals surface area contributed by atoms with Crippen LogP contribution in [0, 0.1) is 41.5 Å². The van der Waals surface area contributed by atoms with Crippen LogP contribution in [0.25, 0.3) is 0 Å². The molecule has 0 aliphatic heterocycles. The molecular formula is C22H31N. The molecule has 0 bridgehead atoms. The van der Waals surface area contributed by atoms with E-state index in [1.165, 1.54) is 44.8 Å². The number of benzene rings is 2. The van der Waals surface area contributed by atoms with Gasteiger partial charge in [0.15, 0.2) is 0 Å². The lowest BCUT2D eigenvalue weighted by Gasteiger charge is -2.41. The summed E-state index contributed by atoms with van der Waals surface area (Å²) in [5, 5.41) is 0. The first-order valence-corrected chi connectivity index (χ1v) is 8.48. The third-order valence-corrected chi connectivity index (χ3v) is 4.39. The molecule has 0 N–H and O–H groups in total. The van der Waals surface area contributed by atoms with Crippen molar-refractivity contribution < 1.29 is 0 Å². The highest BCUT2D eigenvalue weighted by atomic mass is 15.2. The van der Waals surface area contributed by atoms with Gasteiger partial charge in [-0.25, -0.2) is 0 Å². The van der Waals surface area contributed by atoms with Crippen molar-refractivity contribution in [2.24, 2.45) is 0 Å². The van der Waals surface area contributed by atoms with Gasteiger partial charge in [-0.2, -0.15) is 0 Å². The molecule has 2 aromatic rings. The molecule has 1 heteroatoms. The molecule has 0 heterocycles. The van der Waals surface area contributed by atoms with Crippen LogP contribution in [0.3, 0.4) is 0 Å². The molecule has 23 heavy (non-hydrogen) atoms. The molecule has 0 fully saturated rings. The highest BCUT2D eigenvalue weighted by Gasteiger charge is 2.28. The second kappa shape index (κ2) is 6.03. The summed E-state index contributed by atoms with van der Waals surface area (Å²) in [6.45, 7) is 20.2. The summed E-state index contributed by atoms with van der Waals surface area (Å²) in [6, 6.07) is 9.17. The number of anilines is 2. The van der Waals surface area contributed by atoms with Crippen molar-refractivity contribution in [3.8, 4) is 0 Å². The lowest BCUT2D eigenvalue weighted by atomic mass is 9.94. The molecule has 0 saturated heterocycles. The van der Waals surface area contributed by atoms with Gasteiger partial charge in [-0.05, 0) is 84.6 Å². The smallest absolute Gasteiger partial charge is 0.0475 e. The van der Waals surface area contributed by atoms with Crippen LogP contribution in [0.15, 0.2) is 24.3 Å². The molecule has 0 atom stereocenters. The topological polar surface area (TPSA) is 3.24 Å². The first kappa shape index (κ1) is 17.6. The fraction of sp³-hybridized carbons (Fsp3) is 0.455. The molecule has 0 amide bonds. The predicted octanol–water partition coefficient (Wildman–Crippen LogP) is 6.47. The maximum Gasteiger partial charge on any atom is 0.0475 e. The first-order valence-electron chi connectivity index (χ1n) is 8.48. The summed E-state index contributed by atoms with van der Waals surface area (Å²) in [7, 11) is 0. The SMILES string of the molecule is Cc1cc(C)c(N(c2c(C)cc(C)cc2C)C(C)(C)C)c(C)c1. The van der Waals surface area contributed by atoms with Crippen molar-refractivity contribution >= 4 is 11.4 Å². The summed E-state index contributed by atoms with van der Waals surface area (Å²) in [5.74, 6) is 0. The van der Waals surface area contributed by atoms with Crippen LogP contribution in [0.5, 0.6) is 0 Å². The molecule has 0 unspecified atom stereocenters. The van der Waals surface area contributed by atoms with Gasteiger partial charge in [0, 0.05) is 16.9 Å². The molecule has 0 saturated carbocycles. The minimum absolute atomic E-state index is 0.00948. The van der Waals surface area contributed by atoms with Gasteiger partial charge in [0.05, 0.1) is 0 Å². The van der Waals surface area contributed by atoms with E-state index < -0.39 is 0 Å². The third-order valence-electron chi connectivity index (χ3n) is 4.39. The zero-order valence-corrected chi connectivity index (χ0v) is 16.3. The monoisotopic (exact) mass is 309 g/mol. The Morgan fingerprint density at radius 3 is 1.04 bits per heavy atom. The molecule has 1 nitrogen and oxygen atoms in total. The van der Waals surface area contributed by atoms with Gasteiger partial charge < -0.3 is 4.90 Å². The number of hydrogen-bond acceptors (Lipinski definition) is 1. The van der Waals surface area contributed by atoms with Gasteiger partial charge in [-0.15, -0.1) is 0 Å². The molecule has 0 spiro atoms. The average molecular weight is 309 g/mol. The predicted molar refractivity (Wildman–Crippen MR) is 103 cm³/mol. The molecule has 0 aliphatic rings. The second-order valence-electron chi connectivity index (χ2n) is 8.00. The standard InChI is InChI=1S/C22H31N/c1-14-10-16(3)20(17(4)11-14)23(22(7,8)9)21-18(5)12-15(2)13-19(21)6/h10-13H,1-9H3. The van der Waals surface area contributed by atoms with Crippen LogP contribution in [-0.4, -0.2) is 5.54 Å². The van der Waals surface area contributed by atoms with Gasteiger partial charge in [0.2, 0.25) is 0 Å². The van der Waals surface area contributed by atoms with Crippen molar-refractivity contribution in [1.82, 2.24) is 0 Å². The zero-order valence-electron chi connectivity index (χ0n) is 16.3. The van der Waals surface area contributed by atoms with Gasteiger partial charge in [-0.1, -0.05) is 35.4 Å². The van der Waals surface area contributed by atoms with Crippen molar-refractivity contribution in [3.63, 3.8) is 0 Å². The molecule has 2 aromatic carbocycles. The van der Waals surface area contributed by atoms with Gasteiger partial charge in [0.25, 0.3) is 0 Å². The van der Waals surface area contributed by atoms with Crippen LogP contribution >= 0.6 is 0 Å². The van der Waals surface area contributed by atoms with Crippen LogP contribution in [0.2, 0.25) is 0 Å². The van der Waals surface area contributed by atoms with E-state index in [-0.39, 0.29) is 5.54 Å². The van der Waals surface area contributed by atoms with Gasteiger partial charge in [0.1, 0.15) is 0 Å². The van der Waals surface area contributed by atoms with E-state index in [1.807, 2.05) is 0 Å². The first-order chi connectivity index (χ1) is 10.5. The number of rotatable bonds is 2. The Morgan fingerprint density at radius 1 is 0.565 bits per heavy atom. The molecule has 2 rings (SSSR count). The Kier molecular flexibility index (Phi) is 4.61. The minimum Gasteiger partial charge on any atom is -0.335 e. The van der Waals surface area contributed by atoms with E-state index in [0.717, 1.165) is 0 Å². The zero-order chi connectivity index (χ0) is 17.5. The Hall–Kier alpha value is -1.76. The summed E-state index contributed by atoms with van der Waals surface area (Å²) in [6.07, 6.45) is 0. The average Bonchev–Trinajstić information content (AvgIpc) is 2.33. The Balaban J connectivity index is 2.81. The van der Waals surface area contributed by atoms with Crippen molar-refractivity contribution in [2.45, 2.75) is 67.9 Å². The lowest BCUT2D eigenvalue weighted by Crippen LogP contribution is -2.39. The van der Waals surface area contributed by atoms with Crippen molar-refractivity contribution in [1.29, 1.82) is 0 Å². The van der Waals surface area contributed by atoms with Crippen LogP contribution < -0.4 is 4.90 Å². The minimum atomic E-state index is 0.00948. The molecule has 0 radical (unpaired) electrons. The summed E-state index contributed by atoms with van der Waals surface area (Å²) >= 11 is 0. The molecule has 0 aromatic heterocycles. The maximum absolute atomic E-state index is 2.53. The normalized spacial score (nSPS) is 11.7. The fourth-order valence-electron chi connectivity index (χ4n) is 3.83. The Morgan fingerprint density at radius 2 is 0.826 bits per heavy atom. The fourth-order valence-corrected chi connectivity index (χ4v) is 3.83. The molecular weight excluding hydrogens is 278 g/mol. The number of nitrogens with zero attached hydrogens (tertiary/aromatic N) is 1.